The lowest BCUT2D eigenvalue weighted by atomic mass is 9.90. The van der Waals surface area contributed by atoms with Gasteiger partial charge >= 0.3 is 0 Å². The Morgan fingerprint density at radius 3 is 2.56 bits per heavy atom. The number of carbonyl (C=O) groups excluding carboxylic acids is 2. The zero-order valence-corrected chi connectivity index (χ0v) is 18.5. The fraction of sp³-hybridized carbons (Fsp3) is 0.583. The van der Waals surface area contributed by atoms with E-state index in [1.807, 2.05) is 30.1 Å². The third-order valence-electron chi connectivity index (χ3n) is 7.11. The zero-order valence-electron chi connectivity index (χ0n) is 18.5. The molecule has 2 aliphatic heterocycles. The monoisotopic (exact) mass is 438 g/mol. The van der Waals surface area contributed by atoms with E-state index < -0.39 is 0 Å². The van der Waals surface area contributed by atoms with Crippen LogP contribution in [0.25, 0.3) is 0 Å². The van der Waals surface area contributed by atoms with E-state index in [2.05, 4.69) is 22.3 Å². The fourth-order valence-electron chi connectivity index (χ4n) is 4.78. The van der Waals surface area contributed by atoms with Gasteiger partial charge in [-0.25, -0.2) is 0 Å². The van der Waals surface area contributed by atoms with Gasteiger partial charge in [-0.15, -0.1) is 0 Å². The summed E-state index contributed by atoms with van der Waals surface area (Å²) in [6.07, 6.45) is 3.97. The van der Waals surface area contributed by atoms with Crippen molar-refractivity contribution in [1.82, 2.24) is 19.9 Å². The van der Waals surface area contributed by atoms with Gasteiger partial charge in [-0.05, 0) is 31.2 Å². The molecular formula is C24H30N4O4. The molecule has 0 bridgehead atoms. The Balaban J connectivity index is 1.11. The Kier molecular flexibility index (Phi) is 5.71. The molecule has 1 aromatic heterocycles. The lowest BCUT2D eigenvalue weighted by Crippen LogP contribution is -2.52. The largest absolute Gasteiger partial charge is 0.381 e. The Morgan fingerprint density at radius 2 is 1.88 bits per heavy atom. The van der Waals surface area contributed by atoms with Crippen LogP contribution in [0, 0.1) is 5.92 Å². The molecule has 0 atom stereocenters. The van der Waals surface area contributed by atoms with Crippen molar-refractivity contribution in [3.63, 3.8) is 0 Å². The van der Waals surface area contributed by atoms with E-state index in [4.69, 9.17) is 9.26 Å². The fourth-order valence-corrected chi connectivity index (χ4v) is 4.78. The number of ether oxygens (including phenoxy) is 1. The van der Waals surface area contributed by atoms with Gasteiger partial charge < -0.3 is 19.1 Å². The molecule has 3 aliphatic rings. The summed E-state index contributed by atoms with van der Waals surface area (Å²) < 4.78 is 10.8. The molecule has 8 heteroatoms. The molecule has 0 radical (unpaired) electrons. The Morgan fingerprint density at radius 1 is 1.16 bits per heavy atom. The lowest BCUT2D eigenvalue weighted by molar-refractivity contribution is -0.139. The summed E-state index contributed by atoms with van der Waals surface area (Å²) in [5.74, 6) is 1.73. The maximum Gasteiger partial charge on any atom is 0.233 e. The van der Waals surface area contributed by atoms with Gasteiger partial charge in [0, 0.05) is 52.2 Å². The van der Waals surface area contributed by atoms with Crippen LogP contribution in [0.1, 0.15) is 48.9 Å². The number of carbonyl (C=O) groups is 2. The second-order valence-corrected chi connectivity index (χ2v) is 9.30. The van der Waals surface area contributed by atoms with Crippen LogP contribution in [-0.2, 0) is 26.2 Å². The molecule has 8 nitrogen and oxygen atoms in total. The van der Waals surface area contributed by atoms with Gasteiger partial charge in [0.15, 0.2) is 5.82 Å². The third kappa shape index (κ3) is 4.03. The molecule has 2 amide bonds. The quantitative estimate of drug-likeness (QED) is 0.658. The highest BCUT2D eigenvalue weighted by atomic mass is 16.5. The second-order valence-electron chi connectivity index (χ2n) is 9.30. The molecule has 1 saturated carbocycles. The van der Waals surface area contributed by atoms with Crippen molar-refractivity contribution in [1.29, 1.82) is 0 Å². The summed E-state index contributed by atoms with van der Waals surface area (Å²) in [5, 5.41) is 4.09. The van der Waals surface area contributed by atoms with Crippen LogP contribution < -0.4 is 0 Å². The van der Waals surface area contributed by atoms with Gasteiger partial charge in [-0.3, -0.25) is 9.59 Å². The summed E-state index contributed by atoms with van der Waals surface area (Å²) >= 11 is 0. The normalized spacial score (nSPS) is 20.6. The molecular weight excluding hydrogens is 408 g/mol. The zero-order chi connectivity index (χ0) is 22.1. The van der Waals surface area contributed by atoms with Gasteiger partial charge in [-0.1, -0.05) is 35.5 Å². The van der Waals surface area contributed by atoms with E-state index in [9.17, 15) is 9.59 Å². The first-order chi connectivity index (χ1) is 15.6. The third-order valence-corrected chi connectivity index (χ3v) is 7.11. The van der Waals surface area contributed by atoms with Crippen molar-refractivity contribution in [2.24, 2.45) is 5.92 Å². The number of amides is 2. The van der Waals surface area contributed by atoms with E-state index in [0.29, 0.717) is 51.0 Å². The molecule has 0 unspecified atom stereocenters. The summed E-state index contributed by atoms with van der Waals surface area (Å²) in [4.78, 5) is 33.8. The molecule has 1 aliphatic carbocycles. The molecule has 170 valence electrons. The van der Waals surface area contributed by atoms with Gasteiger partial charge in [0.25, 0.3) is 0 Å². The summed E-state index contributed by atoms with van der Waals surface area (Å²) in [5.41, 5.74) is 0.793. The molecule has 0 N–H and O–H groups in total. The molecule has 2 aromatic rings. The van der Waals surface area contributed by atoms with Crippen LogP contribution in [0.4, 0.5) is 0 Å². The number of hydrogen-bond donors (Lipinski definition) is 0. The second kappa shape index (κ2) is 8.65. The van der Waals surface area contributed by atoms with Crippen LogP contribution in [0.2, 0.25) is 0 Å². The first kappa shape index (κ1) is 21.1. The van der Waals surface area contributed by atoms with Crippen LogP contribution in [0.3, 0.4) is 0 Å². The number of benzene rings is 1. The van der Waals surface area contributed by atoms with Crippen molar-refractivity contribution in [3.8, 4) is 0 Å². The topological polar surface area (TPSA) is 88.8 Å². The predicted molar refractivity (Wildman–Crippen MR) is 116 cm³/mol. The van der Waals surface area contributed by atoms with E-state index in [0.717, 1.165) is 31.2 Å². The highest BCUT2D eigenvalue weighted by Crippen LogP contribution is 2.50. The molecule has 3 fully saturated rings. The van der Waals surface area contributed by atoms with Gasteiger partial charge in [0.1, 0.15) is 0 Å². The number of likely N-dealkylation sites (N-methyl/N-ethyl adjacent to an activating group) is 1. The predicted octanol–water partition coefficient (Wildman–Crippen LogP) is 2.15. The van der Waals surface area contributed by atoms with Crippen molar-refractivity contribution >= 4 is 11.8 Å². The minimum absolute atomic E-state index is 0.0544. The average molecular weight is 439 g/mol. The molecule has 5 rings (SSSR count). The minimum Gasteiger partial charge on any atom is -0.381 e. The summed E-state index contributed by atoms with van der Waals surface area (Å²) in [6.45, 7) is 3.12. The molecule has 0 spiro atoms. The Hall–Kier alpha value is -2.74. The summed E-state index contributed by atoms with van der Waals surface area (Å²) in [6, 6.07) is 10.1. The Labute approximate surface area is 187 Å². The highest BCUT2D eigenvalue weighted by Gasteiger charge is 2.55. The smallest absolute Gasteiger partial charge is 0.233 e. The molecule has 32 heavy (non-hydrogen) atoms. The number of likely N-dealkylation sites (tertiary alicyclic amines) is 1. The van der Waals surface area contributed by atoms with Gasteiger partial charge in [0.2, 0.25) is 17.7 Å². The maximum absolute atomic E-state index is 13.1. The van der Waals surface area contributed by atoms with Crippen LogP contribution in [0.15, 0.2) is 34.9 Å². The highest BCUT2D eigenvalue weighted by molar-refractivity contribution is 5.92. The van der Waals surface area contributed by atoms with Crippen molar-refractivity contribution in [2.45, 2.75) is 43.4 Å². The van der Waals surface area contributed by atoms with Gasteiger partial charge in [0.05, 0.1) is 11.3 Å². The number of rotatable bonds is 7. The maximum atomic E-state index is 13.1. The van der Waals surface area contributed by atoms with Crippen LogP contribution >= 0.6 is 0 Å². The van der Waals surface area contributed by atoms with Crippen LogP contribution in [-0.4, -0.2) is 71.7 Å². The standard InChI is InChI=1S/C24H30N4O4/c1-27(22(29)17-8-13-31-14-9-17)12-7-20-25-21(32-26-20)18-15-28(16-18)23(30)24(10-11-24)19-5-3-2-4-6-19/h2-6,17-18H,7-16H2,1H3. The van der Waals surface area contributed by atoms with Crippen LogP contribution in [0.5, 0.6) is 0 Å². The van der Waals surface area contributed by atoms with Gasteiger partial charge in [-0.2, -0.15) is 4.98 Å². The van der Waals surface area contributed by atoms with E-state index in [1.54, 1.807) is 4.90 Å². The molecule has 3 heterocycles. The minimum atomic E-state index is -0.326. The Bertz CT molecular complexity index is 959. The average Bonchev–Trinajstić information content (AvgIpc) is 3.50. The number of nitrogens with zero attached hydrogens (tertiary/aromatic N) is 4. The van der Waals surface area contributed by atoms with E-state index in [-0.39, 0.29) is 29.1 Å². The molecule has 1 aromatic carbocycles. The van der Waals surface area contributed by atoms with Crippen molar-refractivity contribution in [3.05, 3.63) is 47.6 Å². The van der Waals surface area contributed by atoms with Crippen molar-refractivity contribution in [2.75, 3.05) is 39.9 Å². The van der Waals surface area contributed by atoms with E-state index >= 15 is 0 Å². The van der Waals surface area contributed by atoms with E-state index in [1.165, 1.54) is 0 Å². The summed E-state index contributed by atoms with van der Waals surface area (Å²) in [7, 11) is 1.83. The lowest BCUT2D eigenvalue weighted by Gasteiger charge is -2.39. The number of aromatic nitrogens is 2. The molecule has 2 saturated heterocycles. The first-order valence-corrected chi connectivity index (χ1v) is 11.6. The van der Waals surface area contributed by atoms with Crippen molar-refractivity contribution < 1.29 is 18.8 Å². The first-order valence-electron chi connectivity index (χ1n) is 11.6. The SMILES string of the molecule is CN(CCc1noc(C2CN(C(=O)C3(c4ccccc4)CC3)C2)n1)C(=O)C1CCOCC1. The number of hydrogen-bond acceptors (Lipinski definition) is 6.